The Bertz CT molecular complexity index is 284. The first-order valence-electron chi connectivity index (χ1n) is 4.55. The molecular weight excluding hydrogens is 198 g/mol. The molecule has 0 saturated carbocycles. The van der Waals surface area contributed by atoms with Gasteiger partial charge in [0.25, 0.3) is 0 Å². The van der Waals surface area contributed by atoms with Crippen molar-refractivity contribution >= 4 is 17.3 Å². The van der Waals surface area contributed by atoms with E-state index >= 15 is 0 Å². The maximum Gasteiger partial charge on any atom is 0.304 e. The molecule has 1 rings (SSSR count). The van der Waals surface area contributed by atoms with E-state index in [4.69, 9.17) is 5.11 Å². The third-order valence-electron chi connectivity index (χ3n) is 2.37. The van der Waals surface area contributed by atoms with Crippen molar-refractivity contribution in [3.8, 4) is 0 Å². The zero-order chi connectivity index (χ0) is 10.6. The Hall–Kier alpha value is -0.870. The van der Waals surface area contributed by atoms with E-state index in [1.54, 1.807) is 11.3 Å². The van der Waals surface area contributed by atoms with Gasteiger partial charge < -0.3 is 5.11 Å². The van der Waals surface area contributed by atoms with Crippen LogP contribution in [0.3, 0.4) is 0 Å². The van der Waals surface area contributed by atoms with Gasteiger partial charge in [-0.1, -0.05) is 0 Å². The molecule has 1 aromatic rings. The summed E-state index contributed by atoms with van der Waals surface area (Å²) in [6.45, 7) is 2.68. The minimum atomic E-state index is -0.741. The predicted molar refractivity (Wildman–Crippen MR) is 57.6 cm³/mol. The van der Waals surface area contributed by atoms with Crippen LogP contribution in [-0.2, 0) is 4.79 Å². The molecule has 0 aliphatic heterocycles. The third-order valence-corrected chi connectivity index (χ3v) is 3.07. The van der Waals surface area contributed by atoms with E-state index in [0.29, 0.717) is 12.6 Å². The third kappa shape index (κ3) is 3.12. The lowest BCUT2D eigenvalue weighted by molar-refractivity contribution is -0.137. The minimum absolute atomic E-state index is 0.199. The molecule has 3 nitrogen and oxygen atoms in total. The monoisotopic (exact) mass is 213 g/mol. The van der Waals surface area contributed by atoms with Crippen molar-refractivity contribution < 1.29 is 9.90 Å². The summed E-state index contributed by atoms with van der Waals surface area (Å²) in [6, 6.07) is 2.37. The molecule has 0 fully saturated rings. The first-order chi connectivity index (χ1) is 6.61. The Labute approximate surface area is 88.0 Å². The number of carbonyl (C=O) groups is 1. The normalized spacial score (nSPS) is 13.1. The fraction of sp³-hybridized carbons (Fsp3) is 0.500. The maximum absolute atomic E-state index is 10.4. The van der Waals surface area contributed by atoms with E-state index in [9.17, 15) is 4.79 Å². The summed E-state index contributed by atoms with van der Waals surface area (Å²) in [6.07, 6.45) is 0.199. The molecule has 0 spiro atoms. The van der Waals surface area contributed by atoms with Crippen LogP contribution in [0.15, 0.2) is 16.8 Å². The average molecular weight is 213 g/mol. The second kappa shape index (κ2) is 5.12. The lowest BCUT2D eigenvalue weighted by Gasteiger charge is -2.23. The van der Waals surface area contributed by atoms with Crippen LogP contribution in [-0.4, -0.2) is 29.6 Å². The molecule has 0 radical (unpaired) electrons. The van der Waals surface area contributed by atoms with Gasteiger partial charge in [-0.05, 0) is 36.4 Å². The zero-order valence-corrected chi connectivity index (χ0v) is 9.25. The summed E-state index contributed by atoms with van der Waals surface area (Å²) < 4.78 is 0. The van der Waals surface area contributed by atoms with Crippen LogP contribution >= 0.6 is 11.3 Å². The van der Waals surface area contributed by atoms with E-state index in [1.807, 2.05) is 12.4 Å². The first kappa shape index (κ1) is 11.2. The van der Waals surface area contributed by atoms with E-state index in [0.717, 1.165) is 0 Å². The maximum atomic E-state index is 10.4. The number of nitrogens with zero attached hydrogens (tertiary/aromatic N) is 1. The molecule has 0 aliphatic rings. The highest BCUT2D eigenvalue weighted by Crippen LogP contribution is 2.20. The van der Waals surface area contributed by atoms with Gasteiger partial charge in [-0.2, -0.15) is 11.3 Å². The Morgan fingerprint density at radius 2 is 2.43 bits per heavy atom. The first-order valence-corrected chi connectivity index (χ1v) is 5.49. The van der Waals surface area contributed by atoms with Gasteiger partial charge in [0.1, 0.15) is 0 Å². The molecule has 0 aliphatic carbocycles. The van der Waals surface area contributed by atoms with Crippen LogP contribution in [0.1, 0.15) is 24.9 Å². The van der Waals surface area contributed by atoms with Crippen molar-refractivity contribution in [2.75, 3.05) is 13.6 Å². The highest BCUT2D eigenvalue weighted by Gasteiger charge is 2.12. The molecule has 4 heteroatoms. The number of thiophene rings is 1. The van der Waals surface area contributed by atoms with Gasteiger partial charge in [0.2, 0.25) is 0 Å². The van der Waals surface area contributed by atoms with Crippen molar-refractivity contribution in [1.29, 1.82) is 0 Å². The second-order valence-corrected chi connectivity index (χ2v) is 4.14. The minimum Gasteiger partial charge on any atom is -0.481 e. The fourth-order valence-electron chi connectivity index (χ4n) is 1.23. The fourth-order valence-corrected chi connectivity index (χ4v) is 1.98. The molecule has 1 heterocycles. The highest BCUT2D eigenvalue weighted by molar-refractivity contribution is 7.07. The summed E-state index contributed by atoms with van der Waals surface area (Å²) in [4.78, 5) is 12.4. The number of carboxylic acid groups (broad SMARTS) is 1. The van der Waals surface area contributed by atoms with E-state index < -0.39 is 5.97 Å². The van der Waals surface area contributed by atoms with Crippen LogP contribution in [0.2, 0.25) is 0 Å². The standard InChI is InChI=1S/C10H15NO2S/c1-8(9-4-6-14-7-9)11(2)5-3-10(12)13/h4,6-8H,3,5H2,1-2H3,(H,12,13). The Morgan fingerprint density at radius 3 is 2.93 bits per heavy atom. The van der Waals surface area contributed by atoms with E-state index in [1.165, 1.54) is 5.56 Å². The Kier molecular flexibility index (Phi) is 4.10. The quantitative estimate of drug-likeness (QED) is 0.815. The highest BCUT2D eigenvalue weighted by atomic mass is 32.1. The second-order valence-electron chi connectivity index (χ2n) is 3.36. The molecule has 0 bridgehead atoms. The molecule has 1 unspecified atom stereocenters. The smallest absolute Gasteiger partial charge is 0.304 e. The van der Waals surface area contributed by atoms with Crippen LogP contribution in [0.25, 0.3) is 0 Å². The molecule has 1 N–H and O–H groups in total. The molecule has 0 saturated heterocycles. The lowest BCUT2D eigenvalue weighted by atomic mass is 10.1. The predicted octanol–water partition coefficient (Wildman–Crippen LogP) is 2.22. The van der Waals surface area contributed by atoms with Gasteiger partial charge in [-0.3, -0.25) is 9.69 Å². The summed E-state index contributed by atoms with van der Waals surface area (Å²) >= 11 is 1.67. The van der Waals surface area contributed by atoms with Gasteiger partial charge >= 0.3 is 5.97 Å². The van der Waals surface area contributed by atoms with E-state index in [2.05, 4.69) is 23.3 Å². The molecule has 1 aromatic heterocycles. The van der Waals surface area contributed by atoms with Gasteiger partial charge in [-0.15, -0.1) is 0 Å². The number of aliphatic carboxylic acids is 1. The topological polar surface area (TPSA) is 40.5 Å². The van der Waals surface area contributed by atoms with Crippen molar-refractivity contribution in [2.45, 2.75) is 19.4 Å². The average Bonchev–Trinajstić information content (AvgIpc) is 2.65. The summed E-state index contributed by atoms with van der Waals surface area (Å²) in [5.74, 6) is -0.741. The lowest BCUT2D eigenvalue weighted by Crippen LogP contribution is -2.24. The van der Waals surface area contributed by atoms with Crippen molar-refractivity contribution in [1.82, 2.24) is 4.90 Å². The van der Waals surface area contributed by atoms with Gasteiger partial charge in [0, 0.05) is 12.6 Å². The van der Waals surface area contributed by atoms with Crippen molar-refractivity contribution in [2.24, 2.45) is 0 Å². The zero-order valence-electron chi connectivity index (χ0n) is 8.43. The molecular formula is C10H15NO2S. The van der Waals surface area contributed by atoms with Crippen molar-refractivity contribution in [3.63, 3.8) is 0 Å². The molecule has 78 valence electrons. The van der Waals surface area contributed by atoms with Crippen LogP contribution in [0, 0.1) is 0 Å². The number of hydrogen-bond acceptors (Lipinski definition) is 3. The summed E-state index contributed by atoms with van der Waals surface area (Å²) in [5, 5.41) is 12.7. The van der Waals surface area contributed by atoms with Gasteiger partial charge in [0.05, 0.1) is 6.42 Å². The number of rotatable bonds is 5. The van der Waals surface area contributed by atoms with Crippen LogP contribution in [0.5, 0.6) is 0 Å². The largest absolute Gasteiger partial charge is 0.481 e. The molecule has 1 atom stereocenters. The molecule has 0 aromatic carbocycles. The Balaban J connectivity index is 2.44. The molecule has 0 amide bonds. The van der Waals surface area contributed by atoms with Crippen LogP contribution < -0.4 is 0 Å². The molecule has 14 heavy (non-hydrogen) atoms. The van der Waals surface area contributed by atoms with Crippen LogP contribution in [0.4, 0.5) is 0 Å². The van der Waals surface area contributed by atoms with Gasteiger partial charge in [-0.25, -0.2) is 0 Å². The number of carboxylic acids is 1. The van der Waals surface area contributed by atoms with Crippen molar-refractivity contribution in [3.05, 3.63) is 22.4 Å². The number of hydrogen-bond donors (Lipinski definition) is 1. The SMILES string of the molecule is CC(c1ccsc1)N(C)CCC(=O)O. The van der Waals surface area contributed by atoms with Gasteiger partial charge in [0.15, 0.2) is 0 Å². The summed E-state index contributed by atoms with van der Waals surface area (Å²) in [7, 11) is 1.95. The Morgan fingerprint density at radius 1 is 1.71 bits per heavy atom. The van der Waals surface area contributed by atoms with E-state index in [-0.39, 0.29) is 6.42 Å². The summed E-state index contributed by atoms with van der Waals surface area (Å²) in [5.41, 5.74) is 1.25.